The maximum absolute atomic E-state index is 13.4. The van der Waals surface area contributed by atoms with E-state index in [0.717, 1.165) is 34.2 Å². The van der Waals surface area contributed by atoms with Gasteiger partial charge < -0.3 is 9.73 Å². The van der Waals surface area contributed by atoms with Crippen molar-refractivity contribution < 1.29 is 18.0 Å². The van der Waals surface area contributed by atoms with Gasteiger partial charge in [0.1, 0.15) is 5.58 Å². The third-order valence-corrected chi connectivity index (χ3v) is 4.89. The van der Waals surface area contributed by atoms with Crippen molar-refractivity contribution >= 4 is 33.3 Å². The van der Waals surface area contributed by atoms with Crippen LogP contribution in [0.5, 0.6) is 0 Å². The van der Waals surface area contributed by atoms with E-state index < -0.39 is 11.6 Å². The van der Waals surface area contributed by atoms with Gasteiger partial charge in [0.2, 0.25) is 5.91 Å². The summed E-state index contributed by atoms with van der Waals surface area (Å²) < 4.78 is 31.9. The number of benzene rings is 2. The number of fused-ring (bicyclic) bond motifs is 1. The Morgan fingerprint density at radius 2 is 2.04 bits per heavy atom. The van der Waals surface area contributed by atoms with Crippen LogP contribution in [0.25, 0.3) is 22.2 Å². The first-order valence-corrected chi connectivity index (χ1v) is 9.05. The molecule has 7 heteroatoms. The second-order valence-electron chi connectivity index (χ2n) is 6.15. The topological polar surface area (TPSA) is 55.1 Å². The van der Waals surface area contributed by atoms with Gasteiger partial charge in [-0.25, -0.2) is 13.8 Å². The van der Waals surface area contributed by atoms with Crippen LogP contribution in [0.4, 0.5) is 13.9 Å². The minimum Gasteiger partial charge on any atom is -0.464 e. The standard InChI is InChI=1S/C20H14F2N2O2S/c1-11-2-4-14-13(9-26-18(14)6-11)8-19(25)24-20-23-17(10-27-20)12-3-5-15(21)16(22)7-12/h2-7,9-10H,8H2,1H3,(H,23,24,25). The number of hydrogen-bond acceptors (Lipinski definition) is 4. The summed E-state index contributed by atoms with van der Waals surface area (Å²) in [6, 6.07) is 9.39. The Hall–Kier alpha value is -3.06. The molecule has 27 heavy (non-hydrogen) atoms. The number of aryl methyl sites for hydroxylation is 1. The number of aromatic nitrogens is 1. The van der Waals surface area contributed by atoms with Crippen molar-refractivity contribution in [1.29, 1.82) is 0 Å². The number of rotatable bonds is 4. The molecule has 0 saturated heterocycles. The third kappa shape index (κ3) is 3.59. The molecule has 2 aromatic heterocycles. The summed E-state index contributed by atoms with van der Waals surface area (Å²) in [6.45, 7) is 1.97. The molecule has 0 saturated carbocycles. The largest absolute Gasteiger partial charge is 0.464 e. The summed E-state index contributed by atoms with van der Waals surface area (Å²) in [5, 5.41) is 5.70. The second-order valence-corrected chi connectivity index (χ2v) is 7.01. The number of thiazole rings is 1. The van der Waals surface area contributed by atoms with Crippen LogP contribution in [0.3, 0.4) is 0 Å². The first-order chi connectivity index (χ1) is 13.0. The zero-order chi connectivity index (χ0) is 19.0. The first kappa shape index (κ1) is 17.4. The van der Waals surface area contributed by atoms with Crippen molar-refractivity contribution in [3.8, 4) is 11.3 Å². The molecule has 0 bridgehead atoms. The molecule has 0 unspecified atom stereocenters. The minimum absolute atomic E-state index is 0.149. The van der Waals surface area contributed by atoms with Gasteiger partial charge in [-0.05, 0) is 36.8 Å². The van der Waals surface area contributed by atoms with Crippen molar-refractivity contribution in [2.45, 2.75) is 13.3 Å². The molecule has 4 rings (SSSR count). The maximum Gasteiger partial charge on any atom is 0.230 e. The fourth-order valence-corrected chi connectivity index (χ4v) is 3.52. The van der Waals surface area contributed by atoms with Gasteiger partial charge in [-0.2, -0.15) is 0 Å². The van der Waals surface area contributed by atoms with Crippen LogP contribution < -0.4 is 5.32 Å². The Bertz CT molecular complexity index is 1150. The van der Waals surface area contributed by atoms with Crippen LogP contribution in [-0.2, 0) is 11.2 Å². The highest BCUT2D eigenvalue weighted by Crippen LogP contribution is 2.27. The molecule has 0 aliphatic heterocycles. The lowest BCUT2D eigenvalue weighted by molar-refractivity contribution is -0.115. The predicted octanol–water partition coefficient (Wildman–Crippen LogP) is 5.32. The predicted molar refractivity (Wildman–Crippen MR) is 101 cm³/mol. The highest BCUT2D eigenvalue weighted by molar-refractivity contribution is 7.14. The van der Waals surface area contributed by atoms with Crippen LogP contribution in [0, 0.1) is 18.6 Å². The van der Waals surface area contributed by atoms with E-state index in [2.05, 4.69) is 10.3 Å². The molecule has 4 nitrogen and oxygen atoms in total. The number of halogens is 2. The lowest BCUT2D eigenvalue weighted by Gasteiger charge is -2.01. The molecule has 4 aromatic rings. The Labute approximate surface area is 157 Å². The van der Waals surface area contributed by atoms with Gasteiger partial charge >= 0.3 is 0 Å². The normalized spacial score (nSPS) is 11.1. The van der Waals surface area contributed by atoms with E-state index in [0.29, 0.717) is 16.4 Å². The van der Waals surface area contributed by atoms with Gasteiger partial charge in [-0.15, -0.1) is 11.3 Å². The van der Waals surface area contributed by atoms with E-state index in [4.69, 9.17) is 4.42 Å². The molecule has 0 spiro atoms. The van der Waals surface area contributed by atoms with Crippen LogP contribution in [0.1, 0.15) is 11.1 Å². The van der Waals surface area contributed by atoms with Crippen molar-refractivity contribution in [1.82, 2.24) is 4.98 Å². The van der Waals surface area contributed by atoms with Crippen molar-refractivity contribution in [2.75, 3.05) is 5.32 Å². The highest BCUT2D eigenvalue weighted by Gasteiger charge is 2.13. The van der Waals surface area contributed by atoms with E-state index >= 15 is 0 Å². The third-order valence-electron chi connectivity index (χ3n) is 4.13. The van der Waals surface area contributed by atoms with Gasteiger partial charge in [-0.1, -0.05) is 12.1 Å². The smallest absolute Gasteiger partial charge is 0.230 e. The number of nitrogens with one attached hydrogen (secondary N) is 1. The molecule has 136 valence electrons. The highest BCUT2D eigenvalue weighted by atomic mass is 32.1. The summed E-state index contributed by atoms with van der Waals surface area (Å²) in [7, 11) is 0. The Balaban J connectivity index is 1.48. The van der Waals surface area contributed by atoms with Crippen LogP contribution >= 0.6 is 11.3 Å². The molecule has 0 fully saturated rings. The Kier molecular flexibility index (Phi) is 4.45. The van der Waals surface area contributed by atoms with E-state index in [-0.39, 0.29) is 12.3 Å². The zero-order valence-corrected chi connectivity index (χ0v) is 15.1. The average molecular weight is 384 g/mol. The second kappa shape index (κ2) is 6.92. The van der Waals surface area contributed by atoms with Crippen molar-refractivity contribution in [3.05, 3.63) is 70.8 Å². The van der Waals surface area contributed by atoms with Crippen molar-refractivity contribution in [3.63, 3.8) is 0 Å². The van der Waals surface area contributed by atoms with E-state index in [1.165, 1.54) is 17.4 Å². The molecule has 0 atom stereocenters. The number of hydrogen-bond donors (Lipinski definition) is 1. The number of carbonyl (C=O) groups excluding carboxylic acids is 1. The molecule has 1 amide bonds. The maximum atomic E-state index is 13.4. The monoisotopic (exact) mass is 384 g/mol. The van der Waals surface area contributed by atoms with Gasteiger partial charge in [-0.3, -0.25) is 4.79 Å². The number of amides is 1. The Morgan fingerprint density at radius 3 is 2.85 bits per heavy atom. The van der Waals surface area contributed by atoms with Gasteiger partial charge in [0.05, 0.1) is 18.4 Å². The molecule has 0 radical (unpaired) electrons. The fraction of sp³-hybridized carbons (Fsp3) is 0.100. The molecule has 0 aliphatic rings. The molecule has 0 aliphatic carbocycles. The zero-order valence-electron chi connectivity index (χ0n) is 14.3. The molecular formula is C20H14F2N2O2S. The number of furan rings is 1. The van der Waals surface area contributed by atoms with Gasteiger partial charge in [0, 0.05) is 21.9 Å². The lowest BCUT2D eigenvalue weighted by atomic mass is 10.1. The summed E-state index contributed by atoms with van der Waals surface area (Å²) >= 11 is 1.22. The molecular weight excluding hydrogens is 370 g/mol. The number of carbonyl (C=O) groups is 1. The quantitative estimate of drug-likeness (QED) is 0.518. The van der Waals surface area contributed by atoms with Crippen LogP contribution in [-0.4, -0.2) is 10.9 Å². The van der Waals surface area contributed by atoms with E-state index in [1.807, 2.05) is 25.1 Å². The summed E-state index contributed by atoms with van der Waals surface area (Å²) in [6.07, 6.45) is 1.73. The average Bonchev–Trinajstić information content (AvgIpc) is 3.24. The fourth-order valence-electron chi connectivity index (χ4n) is 2.78. The minimum atomic E-state index is -0.937. The number of nitrogens with zero attached hydrogens (tertiary/aromatic N) is 1. The van der Waals surface area contributed by atoms with Crippen molar-refractivity contribution in [2.24, 2.45) is 0 Å². The summed E-state index contributed by atoms with van der Waals surface area (Å²) in [5.74, 6) is -2.08. The van der Waals surface area contributed by atoms with E-state index in [9.17, 15) is 13.6 Å². The molecule has 1 N–H and O–H groups in total. The summed E-state index contributed by atoms with van der Waals surface area (Å²) in [5.41, 5.74) is 3.54. The number of anilines is 1. The lowest BCUT2D eigenvalue weighted by Crippen LogP contribution is -2.13. The first-order valence-electron chi connectivity index (χ1n) is 8.17. The SMILES string of the molecule is Cc1ccc2c(CC(=O)Nc3nc(-c4ccc(F)c(F)c4)cs3)coc2c1. The Morgan fingerprint density at radius 1 is 1.19 bits per heavy atom. The van der Waals surface area contributed by atoms with Crippen LogP contribution in [0.2, 0.25) is 0 Å². The molecule has 2 aromatic carbocycles. The summed E-state index contributed by atoms with van der Waals surface area (Å²) in [4.78, 5) is 16.6. The van der Waals surface area contributed by atoms with Gasteiger partial charge in [0.15, 0.2) is 16.8 Å². The van der Waals surface area contributed by atoms with Crippen LogP contribution in [0.15, 0.2) is 52.5 Å². The van der Waals surface area contributed by atoms with Gasteiger partial charge in [0.25, 0.3) is 0 Å². The molecule has 2 heterocycles. The van der Waals surface area contributed by atoms with E-state index in [1.54, 1.807) is 11.6 Å².